The molecule has 8 heteroatoms. The molecule has 2 heterocycles. The Morgan fingerprint density at radius 2 is 1.91 bits per heavy atom. The lowest BCUT2D eigenvalue weighted by atomic mass is 10.3. The van der Waals surface area contributed by atoms with Crippen LogP contribution < -0.4 is 10.2 Å². The summed E-state index contributed by atoms with van der Waals surface area (Å²) >= 11 is 0. The van der Waals surface area contributed by atoms with Crippen LogP contribution in [-0.2, 0) is 4.74 Å². The van der Waals surface area contributed by atoms with Gasteiger partial charge >= 0.3 is 0 Å². The lowest BCUT2D eigenvalue weighted by Crippen LogP contribution is -2.36. The van der Waals surface area contributed by atoms with E-state index in [1.54, 1.807) is 12.1 Å². The molecule has 0 aliphatic carbocycles. The molecule has 120 valence electrons. The number of non-ortho nitro benzene ring substituents is 1. The number of nitrogens with one attached hydrogen (secondary N) is 1. The molecule has 1 aliphatic rings. The third-order valence-corrected chi connectivity index (χ3v) is 3.51. The van der Waals surface area contributed by atoms with E-state index in [4.69, 9.17) is 4.74 Å². The number of benzene rings is 1. The number of nitrogens with zero attached hydrogens (tertiary/aromatic N) is 4. The first kappa shape index (κ1) is 15.2. The first-order chi connectivity index (χ1) is 11.1. The SMILES string of the molecule is Cc1nc(Nc2ccc([N+](=O)[O-])cc2)cc(N2CCOCC2)n1. The maximum absolute atomic E-state index is 10.7. The molecule has 1 saturated heterocycles. The van der Waals surface area contributed by atoms with Gasteiger partial charge in [-0.25, -0.2) is 9.97 Å². The van der Waals surface area contributed by atoms with E-state index in [2.05, 4.69) is 20.2 Å². The lowest BCUT2D eigenvalue weighted by Gasteiger charge is -2.28. The molecule has 0 radical (unpaired) electrons. The van der Waals surface area contributed by atoms with Gasteiger partial charge < -0.3 is 15.0 Å². The third kappa shape index (κ3) is 3.72. The topological polar surface area (TPSA) is 93.4 Å². The highest BCUT2D eigenvalue weighted by atomic mass is 16.6. The van der Waals surface area contributed by atoms with Crippen LogP contribution in [0, 0.1) is 17.0 Å². The predicted octanol–water partition coefficient (Wildman–Crippen LogP) is 2.27. The smallest absolute Gasteiger partial charge is 0.269 e. The average Bonchev–Trinajstić information content (AvgIpc) is 2.55. The van der Waals surface area contributed by atoms with Crippen LogP contribution in [0.2, 0.25) is 0 Å². The molecule has 2 aromatic rings. The van der Waals surface area contributed by atoms with E-state index in [-0.39, 0.29) is 5.69 Å². The fraction of sp³-hybridized carbons (Fsp3) is 0.333. The van der Waals surface area contributed by atoms with Gasteiger partial charge in [-0.2, -0.15) is 0 Å². The molecule has 0 spiro atoms. The van der Waals surface area contributed by atoms with E-state index in [1.807, 2.05) is 13.0 Å². The van der Waals surface area contributed by atoms with Crippen molar-refractivity contribution in [3.63, 3.8) is 0 Å². The van der Waals surface area contributed by atoms with Gasteiger partial charge in [0.05, 0.1) is 18.1 Å². The van der Waals surface area contributed by atoms with Crippen molar-refractivity contribution in [1.82, 2.24) is 9.97 Å². The minimum atomic E-state index is -0.421. The number of aromatic nitrogens is 2. The normalized spacial score (nSPS) is 14.6. The van der Waals surface area contributed by atoms with Crippen LogP contribution in [0.3, 0.4) is 0 Å². The number of hydrogen-bond donors (Lipinski definition) is 1. The van der Waals surface area contributed by atoms with E-state index >= 15 is 0 Å². The summed E-state index contributed by atoms with van der Waals surface area (Å²) in [4.78, 5) is 21.2. The number of anilines is 3. The molecule has 1 N–H and O–H groups in total. The number of nitro groups is 1. The molecule has 23 heavy (non-hydrogen) atoms. The second-order valence-electron chi connectivity index (χ2n) is 5.19. The molecular formula is C15H17N5O3. The molecule has 1 aromatic carbocycles. The standard InChI is InChI=1S/C15H17N5O3/c1-11-16-14(10-15(17-11)19-6-8-23-9-7-19)18-12-2-4-13(5-3-12)20(21)22/h2-5,10H,6-9H2,1H3,(H,16,17,18). The van der Waals surface area contributed by atoms with Crippen LogP contribution >= 0.6 is 0 Å². The van der Waals surface area contributed by atoms with Crippen LogP contribution in [0.5, 0.6) is 0 Å². The zero-order valence-corrected chi connectivity index (χ0v) is 12.7. The van der Waals surface area contributed by atoms with Gasteiger partial charge in [-0.05, 0) is 19.1 Å². The molecule has 1 fully saturated rings. The van der Waals surface area contributed by atoms with Gasteiger partial charge in [0.2, 0.25) is 0 Å². The second kappa shape index (κ2) is 6.57. The summed E-state index contributed by atoms with van der Waals surface area (Å²) in [6, 6.07) is 8.10. The predicted molar refractivity (Wildman–Crippen MR) is 86.2 cm³/mol. The van der Waals surface area contributed by atoms with Crippen molar-refractivity contribution in [1.29, 1.82) is 0 Å². The highest BCUT2D eigenvalue weighted by molar-refractivity contribution is 5.61. The summed E-state index contributed by atoms with van der Waals surface area (Å²) in [7, 11) is 0. The van der Waals surface area contributed by atoms with Crippen LogP contribution in [0.25, 0.3) is 0 Å². The average molecular weight is 315 g/mol. The molecule has 0 unspecified atom stereocenters. The molecule has 8 nitrogen and oxygen atoms in total. The first-order valence-corrected chi connectivity index (χ1v) is 7.32. The Kier molecular flexibility index (Phi) is 4.33. The zero-order chi connectivity index (χ0) is 16.2. The van der Waals surface area contributed by atoms with Crippen molar-refractivity contribution in [3.8, 4) is 0 Å². The van der Waals surface area contributed by atoms with Crippen LogP contribution in [-0.4, -0.2) is 41.2 Å². The van der Waals surface area contributed by atoms with Gasteiger partial charge in [0.1, 0.15) is 17.5 Å². The van der Waals surface area contributed by atoms with Crippen LogP contribution in [0.15, 0.2) is 30.3 Å². The quantitative estimate of drug-likeness (QED) is 0.683. The largest absolute Gasteiger partial charge is 0.378 e. The molecule has 3 rings (SSSR count). The van der Waals surface area contributed by atoms with Crippen molar-refractivity contribution in [2.45, 2.75) is 6.92 Å². The van der Waals surface area contributed by atoms with Gasteiger partial charge in [-0.3, -0.25) is 10.1 Å². The molecule has 1 aliphatic heterocycles. The van der Waals surface area contributed by atoms with E-state index in [1.165, 1.54) is 12.1 Å². The summed E-state index contributed by atoms with van der Waals surface area (Å²) in [5.74, 6) is 2.18. The Morgan fingerprint density at radius 3 is 2.57 bits per heavy atom. The monoisotopic (exact) mass is 315 g/mol. The van der Waals surface area contributed by atoms with E-state index in [0.29, 0.717) is 24.9 Å². The van der Waals surface area contributed by atoms with E-state index < -0.39 is 4.92 Å². The molecule has 1 aromatic heterocycles. The van der Waals surface area contributed by atoms with E-state index in [0.717, 1.165) is 24.6 Å². The Morgan fingerprint density at radius 1 is 1.22 bits per heavy atom. The third-order valence-electron chi connectivity index (χ3n) is 3.51. The van der Waals surface area contributed by atoms with Crippen molar-refractivity contribution < 1.29 is 9.66 Å². The van der Waals surface area contributed by atoms with Gasteiger partial charge in [-0.1, -0.05) is 0 Å². The van der Waals surface area contributed by atoms with Gasteiger partial charge in [0.25, 0.3) is 5.69 Å². The van der Waals surface area contributed by atoms with Gasteiger partial charge in [0.15, 0.2) is 0 Å². The number of morpholine rings is 1. The Bertz CT molecular complexity index is 699. The number of nitro benzene ring substituents is 1. The highest BCUT2D eigenvalue weighted by Crippen LogP contribution is 2.22. The number of hydrogen-bond acceptors (Lipinski definition) is 7. The van der Waals surface area contributed by atoms with E-state index in [9.17, 15) is 10.1 Å². The first-order valence-electron chi connectivity index (χ1n) is 7.32. The fourth-order valence-corrected chi connectivity index (χ4v) is 2.38. The second-order valence-corrected chi connectivity index (χ2v) is 5.19. The Labute approximate surface area is 133 Å². The number of rotatable bonds is 4. The summed E-state index contributed by atoms with van der Waals surface area (Å²) in [5.41, 5.74) is 0.796. The molecule has 0 saturated carbocycles. The Hall–Kier alpha value is -2.74. The summed E-state index contributed by atoms with van der Waals surface area (Å²) < 4.78 is 5.35. The number of ether oxygens (including phenoxy) is 1. The molecular weight excluding hydrogens is 298 g/mol. The summed E-state index contributed by atoms with van der Waals surface area (Å²) in [5, 5.41) is 13.8. The number of aryl methyl sites for hydroxylation is 1. The zero-order valence-electron chi connectivity index (χ0n) is 12.7. The lowest BCUT2D eigenvalue weighted by molar-refractivity contribution is -0.384. The van der Waals surface area contributed by atoms with Gasteiger partial charge in [0, 0.05) is 37.0 Å². The van der Waals surface area contributed by atoms with Crippen molar-refractivity contribution in [3.05, 3.63) is 46.3 Å². The minimum absolute atomic E-state index is 0.0587. The molecule has 0 atom stereocenters. The summed E-state index contributed by atoms with van der Waals surface area (Å²) in [6.07, 6.45) is 0. The minimum Gasteiger partial charge on any atom is -0.378 e. The maximum atomic E-state index is 10.7. The molecule has 0 bridgehead atoms. The molecule has 0 amide bonds. The summed E-state index contributed by atoms with van der Waals surface area (Å²) in [6.45, 7) is 4.81. The highest BCUT2D eigenvalue weighted by Gasteiger charge is 2.14. The maximum Gasteiger partial charge on any atom is 0.269 e. The van der Waals surface area contributed by atoms with Crippen LogP contribution in [0.1, 0.15) is 5.82 Å². The fourth-order valence-electron chi connectivity index (χ4n) is 2.38. The van der Waals surface area contributed by atoms with Crippen molar-refractivity contribution in [2.75, 3.05) is 36.5 Å². The van der Waals surface area contributed by atoms with Crippen LogP contribution in [0.4, 0.5) is 23.0 Å². The Balaban J connectivity index is 1.79. The van der Waals surface area contributed by atoms with Gasteiger partial charge in [-0.15, -0.1) is 0 Å². The van der Waals surface area contributed by atoms with Crippen molar-refractivity contribution in [2.24, 2.45) is 0 Å². The van der Waals surface area contributed by atoms with Crippen molar-refractivity contribution >= 4 is 23.0 Å².